The molecule has 5 heteroatoms. The van der Waals surface area contributed by atoms with Crippen LogP contribution in [0.2, 0.25) is 19.6 Å². The molecule has 0 N–H and O–H groups in total. The predicted molar refractivity (Wildman–Crippen MR) is 135 cm³/mol. The highest BCUT2D eigenvalue weighted by molar-refractivity contribution is 6.90. The van der Waals surface area contributed by atoms with Gasteiger partial charge in [0.15, 0.2) is 0 Å². The topological polar surface area (TPSA) is 51.6 Å². The Morgan fingerprint density at radius 2 is 1.41 bits per heavy atom. The zero-order valence-electron chi connectivity index (χ0n) is 20.0. The van der Waals surface area contributed by atoms with Crippen molar-refractivity contribution < 1.29 is 0 Å². The zero-order chi connectivity index (χ0) is 22.9. The van der Waals surface area contributed by atoms with Crippen LogP contribution in [0, 0.1) is 0 Å². The average Bonchev–Trinajstić information content (AvgIpc) is 2.76. The lowest BCUT2D eigenvalue weighted by Gasteiger charge is -2.45. The second-order valence-corrected chi connectivity index (χ2v) is 16.0. The molecule has 162 valence electrons. The molecule has 5 rings (SSSR count). The molecule has 32 heavy (non-hydrogen) atoms. The van der Waals surface area contributed by atoms with Crippen LogP contribution in [-0.4, -0.2) is 28.0 Å². The molecular formula is C27H30N4Si. The molecule has 0 saturated carbocycles. The Bertz CT molecular complexity index is 1370. The maximum atomic E-state index is 4.84. The highest BCUT2D eigenvalue weighted by atomic mass is 28.3. The van der Waals surface area contributed by atoms with Crippen LogP contribution in [0.15, 0.2) is 55.1 Å². The quantitative estimate of drug-likeness (QED) is 0.367. The summed E-state index contributed by atoms with van der Waals surface area (Å²) in [7, 11) is -1.59. The lowest BCUT2D eigenvalue weighted by molar-refractivity contribution is 0.282. The predicted octanol–water partition coefficient (Wildman–Crippen LogP) is 5.87. The lowest BCUT2D eigenvalue weighted by atomic mass is 9.59. The number of nitrogens with zero attached hydrogens (tertiary/aromatic N) is 4. The van der Waals surface area contributed by atoms with E-state index in [2.05, 4.69) is 83.7 Å². The smallest absolute Gasteiger partial charge is 0.116 e. The van der Waals surface area contributed by atoms with Gasteiger partial charge in [0.25, 0.3) is 0 Å². The molecule has 2 aromatic carbocycles. The number of hydrogen-bond acceptors (Lipinski definition) is 4. The number of hydrogen-bond donors (Lipinski definition) is 0. The molecule has 0 spiro atoms. The largest absolute Gasteiger partial charge is 0.257 e. The van der Waals surface area contributed by atoms with Crippen LogP contribution in [0.25, 0.3) is 33.3 Å². The van der Waals surface area contributed by atoms with Crippen molar-refractivity contribution in [2.75, 3.05) is 0 Å². The molecule has 0 aliphatic heterocycles. The summed E-state index contributed by atoms with van der Waals surface area (Å²) in [6, 6.07) is 13.3. The van der Waals surface area contributed by atoms with Gasteiger partial charge in [0.1, 0.15) is 6.33 Å². The van der Waals surface area contributed by atoms with Gasteiger partial charge in [0, 0.05) is 28.8 Å². The number of aromatic nitrogens is 4. The molecule has 1 aliphatic rings. The monoisotopic (exact) mass is 438 g/mol. The molecule has 0 unspecified atom stereocenters. The Labute approximate surface area is 191 Å². The van der Waals surface area contributed by atoms with Gasteiger partial charge >= 0.3 is 0 Å². The molecule has 2 aromatic heterocycles. The van der Waals surface area contributed by atoms with Crippen LogP contribution in [0.1, 0.15) is 39.1 Å². The van der Waals surface area contributed by atoms with E-state index in [4.69, 9.17) is 19.9 Å². The van der Waals surface area contributed by atoms with Gasteiger partial charge in [0.2, 0.25) is 0 Å². The molecular weight excluding hydrogens is 408 g/mol. The number of fused-ring (bicyclic) bond motifs is 4. The van der Waals surface area contributed by atoms with E-state index < -0.39 is 8.07 Å². The highest BCUT2D eigenvalue weighted by Crippen LogP contribution is 2.53. The van der Waals surface area contributed by atoms with Crippen molar-refractivity contribution in [1.82, 2.24) is 19.9 Å². The van der Waals surface area contributed by atoms with Gasteiger partial charge < -0.3 is 0 Å². The van der Waals surface area contributed by atoms with Crippen LogP contribution >= 0.6 is 0 Å². The molecule has 4 nitrogen and oxygen atoms in total. The minimum Gasteiger partial charge on any atom is -0.257 e. The second-order valence-electron chi connectivity index (χ2n) is 10.9. The van der Waals surface area contributed by atoms with Crippen LogP contribution in [0.4, 0.5) is 0 Å². The maximum Gasteiger partial charge on any atom is 0.116 e. The molecule has 0 fully saturated rings. The number of rotatable bonds is 2. The molecule has 1 aliphatic carbocycles. The third kappa shape index (κ3) is 2.87. The molecule has 0 amide bonds. The summed E-state index contributed by atoms with van der Waals surface area (Å²) in [4.78, 5) is 19.3. The lowest BCUT2D eigenvalue weighted by Crippen LogP contribution is -2.45. The van der Waals surface area contributed by atoms with Crippen LogP contribution < -0.4 is 5.19 Å². The summed E-state index contributed by atoms with van der Waals surface area (Å²) in [5.41, 5.74) is 5.64. The molecule has 0 bridgehead atoms. The Hall–Kier alpha value is -2.92. The van der Waals surface area contributed by atoms with Crippen molar-refractivity contribution in [2.24, 2.45) is 0 Å². The summed E-state index contributed by atoms with van der Waals surface area (Å²) < 4.78 is 0. The van der Waals surface area contributed by atoms with Crippen molar-refractivity contribution >= 4 is 24.0 Å². The average molecular weight is 439 g/mol. The molecule has 0 radical (unpaired) electrons. The van der Waals surface area contributed by atoms with Gasteiger partial charge in [-0.2, -0.15) is 0 Å². The zero-order valence-corrected chi connectivity index (χ0v) is 21.0. The van der Waals surface area contributed by atoms with E-state index in [-0.39, 0.29) is 10.8 Å². The molecule has 0 atom stereocenters. The van der Waals surface area contributed by atoms with Crippen LogP contribution in [0.3, 0.4) is 0 Å². The summed E-state index contributed by atoms with van der Waals surface area (Å²) in [5, 5.41) is 4.05. The normalized spacial score (nSPS) is 16.5. The summed E-state index contributed by atoms with van der Waals surface area (Å²) in [5.74, 6) is 0. The minimum absolute atomic E-state index is 0.206. The van der Waals surface area contributed by atoms with Gasteiger partial charge in [0.05, 0.1) is 36.4 Å². The van der Waals surface area contributed by atoms with Gasteiger partial charge in [-0.25, -0.2) is 9.97 Å². The first-order valence-electron chi connectivity index (χ1n) is 11.2. The first-order valence-corrected chi connectivity index (χ1v) is 14.7. The fourth-order valence-corrected chi connectivity index (χ4v) is 6.57. The summed E-state index contributed by atoms with van der Waals surface area (Å²) in [6.45, 7) is 16.2. The maximum absolute atomic E-state index is 4.84. The Balaban J connectivity index is 1.88. The molecule has 4 aromatic rings. The minimum atomic E-state index is -1.59. The van der Waals surface area contributed by atoms with E-state index in [1.54, 1.807) is 18.7 Å². The fourth-order valence-electron chi connectivity index (χ4n) is 4.94. The van der Waals surface area contributed by atoms with E-state index >= 15 is 0 Å². The fraction of sp³-hybridized carbons (Fsp3) is 0.333. The van der Waals surface area contributed by atoms with Gasteiger partial charge in [-0.1, -0.05) is 82.9 Å². The van der Waals surface area contributed by atoms with E-state index in [1.165, 1.54) is 16.0 Å². The van der Waals surface area contributed by atoms with Crippen molar-refractivity contribution in [2.45, 2.75) is 58.2 Å². The van der Waals surface area contributed by atoms with Crippen molar-refractivity contribution in [3.05, 3.63) is 66.5 Å². The first-order chi connectivity index (χ1) is 15.0. The third-order valence-corrected chi connectivity index (χ3v) is 9.50. The standard InChI is InChI=1S/C27H30N4Si/c1-26(2)24-21(23-25(27(26,3)4)29-13-12-28-23)22(30-16-31-24)18-14-17-10-8-9-11-19(17)20(15-18)32(5,6)7/h8-16H,1-7H3. The Kier molecular flexibility index (Phi) is 4.44. The summed E-state index contributed by atoms with van der Waals surface area (Å²) in [6.07, 6.45) is 5.29. The number of benzene rings is 2. The van der Waals surface area contributed by atoms with Crippen molar-refractivity contribution in [3.63, 3.8) is 0 Å². The van der Waals surface area contributed by atoms with Gasteiger partial charge in [-0.05, 0) is 16.8 Å². The van der Waals surface area contributed by atoms with E-state index in [0.717, 1.165) is 33.9 Å². The van der Waals surface area contributed by atoms with Gasteiger partial charge in [-0.3, -0.25) is 9.97 Å². The van der Waals surface area contributed by atoms with E-state index in [9.17, 15) is 0 Å². The van der Waals surface area contributed by atoms with E-state index in [0.29, 0.717) is 0 Å². The van der Waals surface area contributed by atoms with Crippen LogP contribution in [0.5, 0.6) is 0 Å². The highest BCUT2D eigenvalue weighted by Gasteiger charge is 2.49. The second kappa shape index (κ2) is 6.79. The Morgan fingerprint density at radius 1 is 0.719 bits per heavy atom. The van der Waals surface area contributed by atoms with E-state index in [1.807, 2.05) is 0 Å². The van der Waals surface area contributed by atoms with Gasteiger partial charge in [-0.15, -0.1) is 0 Å². The SMILES string of the molecule is CC1(C)c2nccnc2-c2c(-c3cc([Si](C)(C)C)c4ccccc4c3)ncnc2C1(C)C. The molecule has 2 heterocycles. The van der Waals surface area contributed by atoms with Crippen molar-refractivity contribution in [3.8, 4) is 22.5 Å². The van der Waals surface area contributed by atoms with Crippen molar-refractivity contribution in [1.29, 1.82) is 0 Å². The Morgan fingerprint density at radius 3 is 2.16 bits per heavy atom. The third-order valence-electron chi connectivity index (χ3n) is 7.47. The van der Waals surface area contributed by atoms with Crippen LogP contribution in [-0.2, 0) is 10.8 Å². The first kappa shape index (κ1) is 21.0. The summed E-state index contributed by atoms with van der Waals surface area (Å²) >= 11 is 0. The molecule has 0 saturated heterocycles.